The highest BCUT2D eigenvalue weighted by molar-refractivity contribution is 5.85. The van der Waals surface area contributed by atoms with Gasteiger partial charge in [-0.2, -0.15) is 13.2 Å². The summed E-state index contributed by atoms with van der Waals surface area (Å²) in [6.07, 6.45) is -4.44. The van der Waals surface area contributed by atoms with E-state index >= 15 is 0 Å². The molecule has 21 heavy (non-hydrogen) atoms. The van der Waals surface area contributed by atoms with Crippen LogP contribution in [0.25, 0.3) is 0 Å². The summed E-state index contributed by atoms with van der Waals surface area (Å²) >= 11 is 0. The Labute approximate surface area is 127 Å². The second-order valence-electron chi connectivity index (χ2n) is 4.65. The van der Waals surface area contributed by atoms with Gasteiger partial charge < -0.3 is 15.2 Å². The molecule has 8 heteroatoms. The Morgan fingerprint density at radius 3 is 2.38 bits per heavy atom. The van der Waals surface area contributed by atoms with Gasteiger partial charge in [-0.05, 0) is 12.1 Å². The molecule has 0 spiro atoms. The predicted molar refractivity (Wildman–Crippen MR) is 75.1 cm³/mol. The first kappa shape index (κ1) is 17.9. The lowest BCUT2D eigenvalue weighted by atomic mass is 10.0. The molecule has 1 aliphatic rings. The van der Waals surface area contributed by atoms with Crippen LogP contribution in [0.1, 0.15) is 11.6 Å². The van der Waals surface area contributed by atoms with E-state index in [-0.39, 0.29) is 31.1 Å². The number of alkyl halides is 3. The summed E-state index contributed by atoms with van der Waals surface area (Å²) < 4.78 is 44.9. The highest BCUT2D eigenvalue weighted by Crippen LogP contribution is 2.42. The van der Waals surface area contributed by atoms with Crippen LogP contribution in [0.4, 0.5) is 13.2 Å². The van der Waals surface area contributed by atoms with Gasteiger partial charge in [-0.3, -0.25) is 4.90 Å². The van der Waals surface area contributed by atoms with Gasteiger partial charge in [0.2, 0.25) is 0 Å². The Balaban J connectivity index is 0.00000220. The molecular formula is C13H18ClF3N2O2. The van der Waals surface area contributed by atoms with Gasteiger partial charge in [-0.1, -0.05) is 0 Å². The van der Waals surface area contributed by atoms with Crippen LogP contribution >= 0.6 is 12.4 Å². The normalized spacial score (nSPS) is 17.9. The molecule has 1 aromatic rings. The second-order valence-corrected chi connectivity index (χ2v) is 4.65. The number of phenolic OH excluding ortho intramolecular Hbond substituents is 1. The van der Waals surface area contributed by atoms with Gasteiger partial charge in [0.15, 0.2) is 0 Å². The van der Waals surface area contributed by atoms with Crippen LogP contribution in [-0.4, -0.2) is 49.5 Å². The SMILES string of the molecule is COc1ccc([C@H](N2CCNCC2)C(F)(F)F)c(O)c1.Cl. The molecule has 0 bridgehead atoms. The Hall–Kier alpha value is -1.18. The highest BCUT2D eigenvalue weighted by atomic mass is 35.5. The average Bonchev–Trinajstić information content (AvgIpc) is 2.40. The third-order valence-corrected chi connectivity index (χ3v) is 3.36. The Kier molecular flexibility index (Phi) is 6.12. The third kappa shape index (κ3) is 4.15. The zero-order chi connectivity index (χ0) is 14.8. The van der Waals surface area contributed by atoms with Crippen molar-refractivity contribution in [3.8, 4) is 11.5 Å². The number of halogens is 4. The van der Waals surface area contributed by atoms with E-state index in [0.29, 0.717) is 18.8 Å². The number of hydrogen-bond acceptors (Lipinski definition) is 4. The molecular weight excluding hydrogens is 309 g/mol. The number of methoxy groups -OCH3 is 1. The van der Waals surface area contributed by atoms with E-state index in [4.69, 9.17) is 4.74 Å². The molecule has 2 rings (SSSR count). The van der Waals surface area contributed by atoms with Crippen molar-refractivity contribution in [3.05, 3.63) is 23.8 Å². The largest absolute Gasteiger partial charge is 0.507 e. The topological polar surface area (TPSA) is 44.7 Å². The van der Waals surface area contributed by atoms with E-state index in [2.05, 4.69) is 5.32 Å². The minimum Gasteiger partial charge on any atom is -0.507 e. The lowest BCUT2D eigenvalue weighted by Gasteiger charge is -2.36. The highest BCUT2D eigenvalue weighted by Gasteiger charge is 2.46. The monoisotopic (exact) mass is 326 g/mol. The maximum Gasteiger partial charge on any atom is 0.408 e. The summed E-state index contributed by atoms with van der Waals surface area (Å²) in [4.78, 5) is 1.33. The Morgan fingerprint density at radius 1 is 1.29 bits per heavy atom. The Bertz CT molecular complexity index is 465. The van der Waals surface area contributed by atoms with Crippen molar-refractivity contribution in [2.75, 3.05) is 33.3 Å². The van der Waals surface area contributed by atoms with Gasteiger partial charge in [-0.15, -0.1) is 12.4 Å². The fraction of sp³-hybridized carbons (Fsp3) is 0.538. The van der Waals surface area contributed by atoms with E-state index in [1.54, 1.807) is 0 Å². The van der Waals surface area contributed by atoms with Crippen LogP contribution in [0.15, 0.2) is 18.2 Å². The van der Waals surface area contributed by atoms with Crippen LogP contribution in [0.3, 0.4) is 0 Å². The average molecular weight is 327 g/mol. The molecule has 1 aliphatic heterocycles. The molecule has 0 aromatic heterocycles. The van der Waals surface area contributed by atoms with E-state index in [1.165, 1.54) is 30.2 Å². The summed E-state index contributed by atoms with van der Waals surface area (Å²) in [5.74, 6) is -0.0716. The second kappa shape index (κ2) is 7.20. The lowest BCUT2D eigenvalue weighted by molar-refractivity contribution is -0.188. The molecule has 0 unspecified atom stereocenters. The van der Waals surface area contributed by atoms with E-state index in [9.17, 15) is 18.3 Å². The molecule has 1 atom stereocenters. The van der Waals surface area contributed by atoms with Crippen LogP contribution in [0.2, 0.25) is 0 Å². The van der Waals surface area contributed by atoms with Crippen molar-refractivity contribution in [1.29, 1.82) is 0 Å². The first-order valence-electron chi connectivity index (χ1n) is 6.32. The predicted octanol–water partition coefficient (Wildman–Crippen LogP) is 2.33. The molecule has 120 valence electrons. The summed E-state index contributed by atoms with van der Waals surface area (Å²) in [5.41, 5.74) is -0.139. The number of nitrogens with one attached hydrogen (secondary N) is 1. The van der Waals surface area contributed by atoms with Crippen LogP contribution in [0.5, 0.6) is 11.5 Å². The summed E-state index contributed by atoms with van der Waals surface area (Å²) in [5, 5.41) is 12.9. The standard InChI is InChI=1S/C13H17F3N2O2.ClH/c1-20-9-2-3-10(11(19)8-9)12(13(14,15)16)18-6-4-17-5-7-18;/h2-3,8,12,17,19H,4-7H2,1H3;1H/t12-;/m0./s1. The van der Waals surface area contributed by atoms with Crippen molar-refractivity contribution < 1.29 is 23.0 Å². The van der Waals surface area contributed by atoms with Gasteiger partial charge in [0.05, 0.1) is 7.11 Å². The minimum absolute atomic E-state index is 0. The zero-order valence-electron chi connectivity index (χ0n) is 11.5. The molecule has 0 radical (unpaired) electrons. The number of rotatable bonds is 3. The van der Waals surface area contributed by atoms with Crippen molar-refractivity contribution in [2.45, 2.75) is 12.2 Å². The van der Waals surface area contributed by atoms with Gasteiger partial charge in [0.25, 0.3) is 0 Å². The third-order valence-electron chi connectivity index (χ3n) is 3.36. The van der Waals surface area contributed by atoms with Crippen molar-refractivity contribution in [3.63, 3.8) is 0 Å². The molecule has 1 aromatic carbocycles. The fourth-order valence-electron chi connectivity index (χ4n) is 2.40. The molecule has 0 amide bonds. The maximum atomic E-state index is 13.3. The molecule has 4 nitrogen and oxygen atoms in total. The number of phenols is 1. The quantitative estimate of drug-likeness (QED) is 0.895. The molecule has 1 saturated heterocycles. The first-order valence-corrected chi connectivity index (χ1v) is 6.32. The van der Waals surface area contributed by atoms with E-state index < -0.39 is 18.0 Å². The first-order chi connectivity index (χ1) is 9.43. The molecule has 0 saturated carbocycles. The van der Waals surface area contributed by atoms with E-state index in [1.807, 2.05) is 0 Å². The fourth-order valence-corrected chi connectivity index (χ4v) is 2.40. The number of piperazine rings is 1. The summed E-state index contributed by atoms with van der Waals surface area (Å²) in [6.45, 7) is 1.58. The zero-order valence-corrected chi connectivity index (χ0v) is 12.3. The smallest absolute Gasteiger partial charge is 0.408 e. The van der Waals surface area contributed by atoms with Crippen molar-refractivity contribution in [2.24, 2.45) is 0 Å². The van der Waals surface area contributed by atoms with Crippen LogP contribution in [0, 0.1) is 0 Å². The van der Waals surface area contributed by atoms with Crippen molar-refractivity contribution >= 4 is 12.4 Å². The minimum atomic E-state index is -4.44. The summed E-state index contributed by atoms with van der Waals surface area (Å²) in [7, 11) is 1.39. The Morgan fingerprint density at radius 2 is 1.90 bits per heavy atom. The van der Waals surface area contributed by atoms with Gasteiger partial charge in [0.1, 0.15) is 17.5 Å². The maximum absolute atomic E-state index is 13.3. The molecule has 2 N–H and O–H groups in total. The van der Waals surface area contributed by atoms with Crippen LogP contribution < -0.4 is 10.1 Å². The number of nitrogens with zero attached hydrogens (tertiary/aromatic N) is 1. The lowest BCUT2D eigenvalue weighted by Crippen LogP contribution is -2.49. The molecule has 1 fully saturated rings. The molecule has 0 aliphatic carbocycles. The summed E-state index contributed by atoms with van der Waals surface area (Å²) in [6, 6.07) is 2.11. The van der Waals surface area contributed by atoms with Crippen molar-refractivity contribution in [1.82, 2.24) is 10.2 Å². The number of hydrogen-bond donors (Lipinski definition) is 2. The van der Waals surface area contributed by atoms with Crippen LogP contribution in [-0.2, 0) is 0 Å². The number of ether oxygens (including phenoxy) is 1. The molecule has 1 heterocycles. The van der Waals surface area contributed by atoms with Gasteiger partial charge in [-0.25, -0.2) is 0 Å². The van der Waals surface area contributed by atoms with E-state index in [0.717, 1.165) is 0 Å². The van der Waals surface area contributed by atoms with Gasteiger partial charge in [0, 0.05) is 37.8 Å². The number of benzene rings is 1. The number of aromatic hydroxyl groups is 1. The van der Waals surface area contributed by atoms with Gasteiger partial charge >= 0.3 is 6.18 Å².